The molecule has 0 aromatic carbocycles. The van der Waals surface area contributed by atoms with E-state index in [2.05, 4.69) is 34.5 Å². The molecule has 1 fully saturated rings. The number of aromatic nitrogens is 1. The van der Waals surface area contributed by atoms with E-state index >= 15 is 0 Å². The highest BCUT2D eigenvalue weighted by Crippen LogP contribution is 2.24. The predicted octanol–water partition coefficient (Wildman–Crippen LogP) is 3.02. The topological polar surface area (TPSA) is 58.5 Å². The molecule has 1 unspecified atom stereocenters. The summed E-state index contributed by atoms with van der Waals surface area (Å²) in [4.78, 5) is 8.73. The van der Waals surface area contributed by atoms with E-state index in [1.54, 1.807) is 0 Å². The second-order valence-corrected chi connectivity index (χ2v) is 6.15. The summed E-state index contributed by atoms with van der Waals surface area (Å²) >= 11 is 5.79. The summed E-state index contributed by atoms with van der Waals surface area (Å²) in [6.07, 6.45) is 4.88. The van der Waals surface area contributed by atoms with Crippen LogP contribution in [0.4, 0.5) is 0 Å². The summed E-state index contributed by atoms with van der Waals surface area (Å²) in [5.74, 6) is 0.834. The molecule has 7 heteroatoms. The average Bonchev–Trinajstić information content (AvgIpc) is 2.94. The van der Waals surface area contributed by atoms with Crippen LogP contribution in [0.3, 0.4) is 0 Å². The zero-order valence-corrected chi connectivity index (χ0v) is 16.9. The molecule has 2 N–H and O–H groups in total. The van der Waals surface area contributed by atoms with Crippen molar-refractivity contribution in [2.75, 3.05) is 26.2 Å². The molecule has 1 aliphatic heterocycles. The van der Waals surface area contributed by atoms with Crippen LogP contribution < -0.4 is 10.6 Å². The molecule has 1 aromatic rings. The van der Waals surface area contributed by atoms with Crippen molar-refractivity contribution in [1.29, 1.82) is 0 Å². The average molecular weight is 453 g/mol. The number of aliphatic imine (C=N–C) groups is 1. The van der Waals surface area contributed by atoms with E-state index in [9.17, 15) is 0 Å². The summed E-state index contributed by atoms with van der Waals surface area (Å²) < 4.78 is 5.77. The normalized spacial score (nSPS) is 20.9. The maximum absolute atomic E-state index is 5.79. The molecule has 0 radical (unpaired) electrons. The SMILES string of the molecule is CCNC(=NCC1(C)CCCO1)NCCc1ccc(Cl)nc1.I. The Morgan fingerprint density at radius 1 is 1.43 bits per heavy atom. The van der Waals surface area contributed by atoms with Gasteiger partial charge in [-0.25, -0.2) is 4.98 Å². The Kier molecular flexibility index (Phi) is 9.16. The predicted molar refractivity (Wildman–Crippen MR) is 106 cm³/mol. The second-order valence-electron chi connectivity index (χ2n) is 5.76. The van der Waals surface area contributed by atoms with E-state index in [1.807, 2.05) is 18.3 Å². The van der Waals surface area contributed by atoms with Gasteiger partial charge < -0.3 is 15.4 Å². The van der Waals surface area contributed by atoms with Crippen LogP contribution in [-0.4, -0.2) is 42.8 Å². The number of hydrogen-bond donors (Lipinski definition) is 2. The molecule has 1 atom stereocenters. The number of nitrogens with one attached hydrogen (secondary N) is 2. The van der Waals surface area contributed by atoms with Gasteiger partial charge in [-0.3, -0.25) is 4.99 Å². The molecule has 0 aliphatic carbocycles. The monoisotopic (exact) mass is 452 g/mol. The minimum atomic E-state index is -0.109. The number of nitrogens with zero attached hydrogens (tertiary/aromatic N) is 2. The van der Waals surface area contributed by atoms with Crippen molar-refractivity contribution in [3.05, 3.63) is 29.0 Å². The van der Waals surface area contributed by atoms with Gasteiger partial charge in [0.2, 0.25) is 0 Å². The van der Waals surface area contributed by atoms with Crippen molar-refractivity contribution in [1.82, 2.24) is 15.6 Å². The Balaban J connectivity index is 0.00000264. The quantitative estimate of drug-likeness (QED) is 0.301. The summed E-state index contributed by atoms with van der Waals surface area (Å²) in [6.45, 7) is 7.36. The minimum absolute atomic E-state index is 0. The fraction of sp³-hybridized carbons (Fsp3) is 0.625. The number of halogens is 2. The van der Waals surface area contributed by atoms with Crippen LogP contribution >= 0.6 is 35.6 Å². The molecule has 130 valence electrons. The third-order valence-corrected chi connectivity index (χ3v) is 3.93. The molecule has 0 amide bonds. The van der Waals surface area contributed by atoms with Crippen LogP contribution in [0.2, 0.25) is 5.15 Å². The van der Waals surface area contributed by atoms with Gasteiger partial charge in [-0.15, -0.1) is 24.0 Å². The molecule has 23 heavy (non-hydrogen) atoms. The highest BCUT2D eigenvalue weighted by Gasteiger charge is 2.29. The highest BCUT2D eigenvalue weighted by molar-refractivity contribution is 14.0. The molecule has 1 saturated heterocycles. The van der Waals surface area contributed by atoms with Crippen molar-refractivity contribution in [3.8, 4) is 0 Å². The van der Waals surface area contributed by atoms with E-state index in [0.29, 0.717) is 11.7 Å². The maximum atomic E-state index is 5.79. The molecule has 1 aromatic heterocycles. The van der Waals surface area contributed by atoms with Crippen molar-refractivity contribution < 1.29 is 4.74 Å². The first-order valence-electron chi connectivity index (χ1n) is 7.88. The zero-order valence-electron chi connectivity index (χ0n) is 13.8. The van der Waals surface area contributed by atoms with Crippen LogP contribution in [-0.2, 0) is 11.2 Å². The Bertz CT molecular complexity index is 489. The van der Waals surface area contributed by atoms with E-state index in [-0.39, 0.29) is 29.6 Å². The Morgan fingerprint density at radius 2 is 2.26 bits per heavy atom. The van der Waals surface area contributed by atoms with Crippen molar-refractivity contribution in [2.45, 2.75) is 38.7 Å². The lowest BCUT2D eigenvalue weighted by atomic mass is 10.0. The molecule has 2 heterocycles. The molecule has 2 rings (SSSR count). The number of ether oxygens (including phenoxy) is 1. The van der Waals surface area contributed by atoms with Gasteiger partial charge in [0.15, 0.2) is 5.96 Å². The zero-order chi connectivity index (χ0) is 15.8. The fourth-order valence-corrected chi connectivity index (χ4v) is 2.54. The van der Waals surface area contributed by atoms with E-state index in [1.165, 1.54) is 0 Å². The first-order chi connectivity index (χ1) is 10.6. The van der Waals surface area contributed by atoms with Gasteiger partial charge in [0, 0.05) is 25.9 Å². The van der Waals surface area contributed by atoms with Gasteiger partial charge >= 0.3 is 0 Å². The van der Waals surface area contributed by atoms with E-state index in [0.717, 1.165) is 50.5 Å². The number of hydrogen-bond acceptors (Lipinski definition) is 3. The summed E-state index contributed by atoms with van der Waals surface area (Å²) in [7, 11) is 0. The third-order valence-electron chi connectivity index (χ3n) is 3.71. The molecule has 1 aliphatic rings. The Labute approximate surface area is 160 Å². The van der Waals surface area contributed by atoms with Gasteiger partial charge in [0.25, 0.3) is 0 Å². The van der Waals surface area contributed by atoms with Crippen molar-refractivity contribution in [3.63, 3.8) is 0 Å². The van der Waals surface area contributed by atoms with Crippen LogP contribution in [0.15, 0.2) is 23.3 Å². The maximum Gasteiger partial charge on any atom is 0.191 e. The summed E-state index contributed by atoms with van der Waals surface area (Å²) in [6, 6.07) is 3.81. The smallest absolute Gasteiger partial charge is 0.191 e. The van der Waals surface area contributed by atoms with Gasteiger partial charge in [0.1, 0.15) is 5.15 Å². The van der Waals surface area contributed by atoms with E-state index < -0.39 is 0 Å². The standard InChI is InChI=1S/C16H25ClN4O.HI/c1-3-18-15(21-12-16(2)8-4-10-22-16)19-9-7-13-5-6-14(17)20-11-13;/h5-6,11H,3-4,7-10,12H2,1-2H3,(H2,18,19,21);1H. The second kappa shape index (κ2) is 10.3. The van der Waals surface area contributed by atoms with Gasteiger partial charge in [-0.05, 0) is 44.7 Å². The molecule has 0 saturated carbocycles. The molecular weight excluding hydrogens is 427 g/mol. The summed E-state index contributed by atoms with van der Waals surface area (Å²) in [5, 5.41) is 7.14. The lowest BCUT2D eigenvalue weighted by molar-refractivity contribution is 0.0283. The van der Waals surface area contributed by atoms with Crippen LogP contribution in [0, 0.1) is 0 Å². The Hall–Kier alpha value is -0.600. The number of pyridine rings is 1. The van der Waals surface area contributed by atoms with Crippen LogP contribution in [0.1, 0.15) is 32.3 Å². The van der Waals surface area contributed by atoms with Gasteiger partial charge in [-0.2, -0.15) is 0 Å². The molecule has 0 bridgehead atoms. The lowest BCUT2D eigenvalue weighted by Crippen LogP contribution is -2.40. The largest absolute Gasteiger partial charge is 0.373 e. The van der Waals surface area contributed by atoms with Crippen molar-refractivity contribution in [2.24, 2.45) is 4.99 Å². The van der Waals surface area contributed by atoms with Crippen LogP contribution in [0.5, 0.6) is 0 Å². The number of guanidine groups is 1. The molecule has 0 spiro atoms. The lowest BCUT2D eigenvalue weighted by Gasteiger charge is -2.21. The van der Waals surface area contributed by atoms with Crippen LogP contribution in [0.25, 0.3) is 0 Å². The fourth-order valence-electron chi connectivity index (χ4n) is 2.43. The molecular formula is C16H26ClIN4O. The number of rotatable bonds is 6. The minimum Gasteiger partial charge on any atom is -0.373 e. The molecule has 5 nitrogen and oxygen atoms in total. The first-order valence-corrected chi connectivity index (χ1v) is 8.26. The summed E-state index contributed by atoms with van der Waals surface area (Å²) in [5.41, 5.74) is 1.04. The van der Waals surface area contributed by atoms with Gasteiger partial charge in [0.05, 0.1) is 12.1 Å². The van der Waals surface area contributed by atoms with Crippen molar-refractivity contribution >= 4 is 41.5 Å². The Morgan fingerprint density at radius 3 is 2.87 bits per heavy atom. The van der Waals surface area contributed by atoms with E-state index in [4.69, 9.17) is 16.3 Å². The first kappa shape index (κ1) is 20.4. The van der Waals surface area contributed by atoms with Gasteiger partial charge in [-0.1, -0.05) is 17.7 Å². The third kappa shape index (κ3) is 7.22. The highest BCUT2D eigenvalue weighted by atomic mass is 127.